The third kappa shape index (κ3) is 1.35. The minimum Gasteiger partial charge on any atom is -0.491 e. The van der Waals surface area contributed by atoms with Crippen LogP contribution in [-0.2, 0) is 0 Å². The summed E-state index contributed by atoms with van der Waals surface area (Å²) in [5.74, 6) is -1.47. The summed E-state index contributed by atoms with van der Waals surface area (Å²) in [7, 11) is 0. The molecule has 1 atom stereocenters. The van der Waals surface area contributed by atoms with Gasteiger partial charge in [-0.25, -0.2) is 8.78 Å². The van der Waals surface area contributed by atoms with Gasteiger partial charge in [0.2, 0.25) is 0 Å². The molecule has 0 N–H and O–H groups in total. The van der Waals surface area contributed by atoms with Gasteiger partial charge in [-0.3, -0.25) is 0 Å². The minimum absolute atomic E-state index is 0.0762. The van der Waals surface area contributed by atoms with Crippen LogP contribution in [-0.4, -0.2) is 6.61 Å². The van der Waals surface area contributed by atoms with Gasteiger partial charge >= 0.3 is 0 Å². The number of ether oxygens (including phenoxy) is 1. The van der Waals surface area contributed by atoms with Gasteiger partial charge in [-0.1, -0.05) is 6.92 Å². The van der Waals surface area contributed by atoms with E-state index in [1.54, 1.807) is 6.07 Å². The number of nitrogens with zero attached hydrogens (tertiary/aromatic N) is 1. The number of hydrogen-bond acceptors (Lipinski definition) is 2. The third-order valence-corrected chi connectivity index (χ3v) is 2.66. The lowest BCUT2D eigenvalue weighted by molar-refractivity contribution is 0.326. The molecule has 0 fully saturated rings. The minimum atomic E-state index is -0.856. The third-order valence-electron chi connectivity index (χ3n) is 2.66. The van der Waals surface area contributed by atoms with Crippen LogP contribution in [0.3, 0.4) is 0 Å². The summed E-state index contributed by atoms with van der Waals surface area (Å²) in [6, 6.07) is 2.46. The molecule has 78 valence electrons. The van der Waals surface area contributed by atoms with Crippen LogP contribution in [0.4, 0.5) is 8.78 Å². The predicted molar refractivity (Wildman–Crippen MR) is 49.6 cm³/mol. The molecule has 0 radical (unpaired) electrons. The van der Waals surface area contributed by atoms with Crippen LogP contribution < -0.4 is 4.74 Å². The zero-order valence-corrected chi connectivity index (χ0v) is 8.18. The Labute approximate surface area is 86.1 Å². The monoisotopic (exact) mass is 209 g/mol. The standard InChI is InChI=1S/C11H9F2NO/c1-2-6-5-15-11-7(4-14)8(12)3-9(13)10(6)11/h3,6H,2,5H2,1H3. The van der Waals surface area contributed by atoms with Crippen molar-refractivity contribution in [1.82, 2.24) is 0 Å². The molecular formula is C11H9F2NO. The Morgan fingerprint density at radius 2 is 2.27 bits per heavy atom. The van der Waals surface area contributed by atoms with Crippen molar-refractivity contribution in [2.24, 2.45) is 0 Å². The quantitative estimate of drug-likeness (QED) is 0.712. The van der Waals surface area contributed by atoms with Crippen molar-refractivity contribution in [3.63, 3.8) is 0 Å². The maximum absolute atomic E-state index is 13.5. The summed E-state index contributed by atoms with van der Waals surface area (Å²) in [6.07, 6.45) is 0.709. The maximum atomic E-state index is 13.5. The molecule has 0 aliphatic carbocycles. The number of hydrogen-bond donors (Lipinski definition) is 0. The van der Waals surface area contributed by atoms with Crippen LogP contribution in [0.5, 0.6) is 5.75 Å². The first-order chi connectivity index (χ1) is 7.19. The van der Waals surface area contributed by atoms with E-state index in [0.717, 1.165) is 6.07 Å². The molecule has 2 rings (SSSR count). The van der Waals surface area contributed by atoms with Gasteiger partial charge in [-0.15, -0.1) is 0 Å². The zero-order valence-electron chi connectivity index (χ0n) is 8.18. The summed E-state index contributed by atoms with van der Waals surface area (Å²) in [5.41, 5.74) is 0.151. The molecule has 15 heavy (non-hydrogen) atoms. The summed E-state index contributed by atoms with van der Waals surface area (Å²) >= 11 is 0. The molecule has 1 unspecified atom stereocenters. The van der Waals surface area contributed by atoms with Crippen molar-refractivity contribution in [2.75, 3.05) is 6.61 Å². The van der Waals surface area contributed by atoms with E-state index in [0.29, 0.717) is 18.6 Å². The van der Waals surface area contributed by atoms with E-state index in [2.05, 4.69) is 0 Å². The molecule has 1 aromatic carbocycles. The lowest BCUT2D eigenvalue weighted by atomic mass is 9.96. The van der Waals surface area contributed by atoms with Crippen LogP contribution in [0, 0.1) is 23.0 Å². The van der Waals surface area contributed by atoms with Gasteiger partial charge in [0.05, 0.1) is 6.61 Å². The molecule has 1 aromatic rings. The van der Waals surface area contributed by atoms with E-state index in [-0.39, 0.29) is 17.2 Å². The van der Waals surface area contributed by atoms with Gasteiger partial charge < -0.3 is 4.74 Å². The summed E-state index contributed by atoms with van der Waals surface area (Å²) in [4.78, 5) is 0. The number of nitriles is 1. The predicted octanol–water partition coefficient (Wildman–Crippen LogP) is 2.72. The normalized spacial score (nSPS) is 18.1. The summed E-state index contributed by atoms with van der Waals surface area (Å²) < 4.78 is 31.9. The van der Waals surface area contributed by atoms with E-state index in [1.165, 1.54) is 0 Å². The fourth-order valence-electron chi connectivity index (χ4n) is 1.84. The van der Waals surface area contributed by atoms with Gasteiger partial charge in [0, 0.05) is 17.5 Å². The van der Waals surface area contributed by atoms with Crippen molar-refractivity contribution in [3.8, 4) is 11.8 Å². The second kappa shape index (κ2) is 3.50. The van der Waals surface area contributed by atoms with Crippen LogP contribution in [0.25, 0.3) is 0 Å². The molecule has 0 bridgehead atoms. The highest BCUT2D eigenvalue weighted by molar-refractivity contribution is 5.53. The SMILES string of the molecule is CCC1COc2c(C#N)c(F)cc(F)c21. The van der Waals surface area contributed by atoms with Crippen LogP contribution >= 0.6 is 0 Å². The van der Waals surface area contributed by atoms with E-state index >= 15 is 0 Å². The largest absolute Gasteiger partial charge is 0.491 e. The molecule has 1 heterocycles. The molecule has 0 saturated carbocycles. The van der Waals surface area contributed by atoms with Crippen molar-refractivity contribution in [1.29, 1.82) is 5.26 Å². The zero-order chi connectivity index (χ0) is 11.0. The van der Waals surface area contributed by atoms with Gasteiger partial charge in [-0.05, 0) is 6.42 Å². The van der Waals surface area contributed by atoms with Crippen molar-refractivity contribution < 1.29 is 13.5 Å². The number of fused-ring (bicyclic) bond motifs is 1. The Balaban J connectivity index is 2.67. The van der Waals surface area contributed by atoms with Crippen molar-refractivity contribution in [3.05, 3.63) is 28.8 Å². The van der Waals surface area contributed by atoms with Gasteiger partial charge in [0.15, 0.2) is 0 Å². The van der Waals surface area contributed by atoms with Gasteiger partial charge in [-0.2, -0.15) is 5.26 Å². The Kier molecular flexibility index (Phi) is 2.31. The topological polar surface area (TPSA) is 33.0 Å². The molecule has 0 amide bonds. The first-order valence-corrected chi connectivity index (χ1v) is 4.73. The highest BCUT2D eigenvalue weighted by Gasteiger charge is 2.31. The first-order valence-electron chi connectivity index (χ1n) is 4.73. The lowest BCUT2D eigenvalue weighted by Crippen LogP contribution is -1.99. The average molecular weight is 209 g/mol. The fourth-order valence-corrected chi connectivity index (χ4v) is 1.84. The number of halogens is 2. The second-order valence-corrected chi connectivity index (χ2v) is 3.49. The summed E-state index contributed by atoms with van der Waals surface area (Å²) in [5, 5.41) is 8.74. The van der Waals surface area contributed by atoms with E-state index < -0.39 is 11.6 Å². The maximum Gasteiger partial charge on any atom is 0.147 e. The van der Waals surface area contributed by atoms with Crippen molar-refractivity contribution in [2.45, 2.75) is 19.3 Å². The van der Waals surface area contributed by atoms with Crippen LogP contribution in [0.1, 0.15) is 30.4 Å². The Hall–Kier alpha value is -1.63. The lowest BCUT2D eigenvalue weighted by Gasteiger charge is -2.06. The second-order valence-electron chi connectivity index (χ2n) is 3.49. The Morgan fingerprint density at radius 3 is 2.87 bits per heavy atom. The Morgan fingerprint density at radius 1 is 1.53 bits per heavy atom. The van der Waals surface area contributed by atoms with Gasteiger partial charge in [0.25, 0.3) is 0 Å². The molecule has 0 saturated heterocycles. The molecule has 4 heteroatoms. The molecule has 0 spiro atoms. The summed E-state index contributed by atoms with van der Waals surface area (Å²) in [6.45, 7) is 2.22. The first kappa shape index (κ1) is 9.91. The average Bonchev–Trinajstić information content (AvgIpc) is 2.62. The van der Waals surface area contributed by atoms with Crippen molar-refractivity contribution >= 4 is 0 Å². The number of rotatable bonds is 1. The van der Waals surface area contributed by atoms with E-state index in [4.69, 9.17) is 10.00 Å². The van der Waals surface area contributed by atoms with E-state index in [1.807, 2.05) is 6.92 Å². The highest BCUT2D eigenvalue weighted by Crippen LogP contribution is 2.40. The van der Waals surface area contributed by atoms with E-state index in [9.17, 15) is 8.78 Å². The van der Waals surface area contributed by atoms with Crippen LogP contribution in [0.15, 0.2) is 6.07 Å². The van der Waals surface area contributed by atoms with Crippen LogP contribution in [0.2, 0.25) is 0 Å². The smallest absolute Gasteiger partial charge is 0.147 e. The molecule has 2 nitrogen and oxygen atoms in total. The molecular weight excluding hydrogens is 200 g/mol. The molecule has 1 aliphatic heterocycles. The van der Waals surface area contributed by atoms with Gasteiger partial charge in [0.1, 0.15) is 29.0 Å². The molecule has 0 aromatic heterocycles. The molecule has 1 aliphatic rings. The highest BCUT2D eigenvalue weighted by atomic mass is 19.1. The Bertz CT molecular complexity index is 451. The number of benzene rings is 1. The fraction of sp³-hybridized carbons (Fsp3) is 0.364.